The summed E-state index contributed by atoms with van der Waals surface area (Å²) in [7, 11) is 0. The Bertz CT molecular complexity index is 820. The Morgan fingerprint density at radius 1 is 1.08 bits per heavy atom. The summed E-state index contributed by atoms with van der Waals surface area (Å²) in [6.45, 7) is 4.37. The third kappa shape index (κ3) is 3.69. The molecule has 0 saturated heterocycles. The zero-order valence-corrected chi connectivity index (χ0v) is 15.9. The Balaban J connectivity index is 2.54. The van der Waals surface area contributed by atoms with Gasteiger partial charge in [-0.05, 0) is 31.0 Å². The van der Waals surface area contributed by atoms with E-state index in [4.69, 9.17) is 23.2 Å². The van der Waals surface area contributed by atoms with Gasteiger partial charge in [-0.3, -0.25) is 4.79 Å². The molecular formula is C19H17Cl2F3O2. The van der Waals surface area contributed by atoms with Crippen LogP contribution in [0.25, 0.3) is 0 Å². The molecule has 0 aliphatic carbocycles. The maximum atomic E-state index is 14.3. The van der Waals surface area contributed by atoms with Crippen LogP contribution in [0.4, 0.5) is 13.2 Å². The Labute approximate surface area is 159 Å². The van der Waals surface area contributed by atoms with E-state index in [0.29, 0.717) is 10.6 Å². The van der Waals surface area contributed by atoms with E-state index >= 15 is 0 Å². The van der Waals surface area contributed by atoms with Crippen molar-refractivity contribution in [3.05, 3.63) is 68.5 Å². The Morgan fingerprint density at radius 3 is 2.12 bits per heavy atom. The van der Waals surface area contributed by atoms with Crippen LogP contribution < -0.4 is 0 Å². The van der Waals surface area contributed by atoms with Gasteiger partial charge in [0.15, 0.2) is 11.6 Å². The van der Waals surface area contributed by atoms with Crippen LogP contribution in [0.3, 0.4) is 0 Å². The molecule has 0 aliphatic heterocycles. The smallest absolute Gasteiger partial charge is 0.307 e. The van der Waals surface area contributed by atoms with Crippen LogP contribution in [-0.2, 0) is 16.6 Å². The van der Waals surface area contributed by atoms with Gasteiger partial charge in [0.1, 0.15) is 5.82 Å². The van der Waals surface area contributed by atoms with Crippen molar-refractivity contribution in [1.82, 2.24) is 0 Å². The van der Waals surface area contributed by atoms with Gasteiger partial charge in [0.25, 0.3) is 0 Å². The van der Waals surface area contributed by atoms with Crippen LogP contribution in [0.1, 0.15) is 30.5 Å². The Morgan fingerprint density at radius 2 is 1.62 bits per heavy atom. The van der Waals surface area contributed by atoms with Crippen molar-refractivity contribution in [2.75, 3.05) is 0 Å². The summed E-state index contributed by atoms with van der Waals surface area (Å²) in [5, 5.41) is 9.56. The standard InChI is InChI=1S/C19H17Cl2F3O2/c1-9-15(22)14(21)12(17(24)16(9)23)8-13(18(25)26)19(2,3)10-4-6-11(20)7-5-10/h4-7,13H,8H2,1-3H3,(H,25,26). The van der Waals surface area contributed by atoms with E-state index in [0.717, 1.165) is 6.92 Å². The van der Waals surface area contributed by atoms with Crippen LogP contribution in [0.5, 0.6) is 0 Å². The Hall–Kier alpha value is -1.72. The molecule has 0 bridgehead atoms. The van der Waals surface area contributed by atoms with Crippen molar-refractivity contribution in [2.24, 2.45) is 5.92 Å². The maximum Gasteiger partial charge on any atom is 0.307 e. The molecule has 0 fully saturated rings. The van der Waals surface area contributed by atoms with Gasteiger partial charge < -0.3 is 5.11 Å². The normalized spacial score (nSPS) is 12.9. The van der Waals surface area contributed by atoms with Gasteiger partial charge in [-0.15, -0.1) is 0 Å². The molecule has 2 nitrogen and oxygen atoms in total. The van der Waals surface area contributed by atoms with E-state index in [1.54, 1.807) is 38.1 Å². The molecule has 1 N–H and O–H groups in total. The summed E-state index contributed by atoms with van der Waals surface area (Å²) in [5.74, 6) is -6.20. The number of benzene rings is 2. The van der Waals surface area contributed by atoms with Gasteiger partial charge in [-0.25, -0.2) is 13.2 Å². The summed E-state index contributed by atoms with van der Waals surface area (Å²) >= 11 is 11.7. The number of halogens is 5. The molecule has 140 valence electrons. The quantitative estimate of drug-likeness (QED) is 0.625. The van der Waals surface area contributed by atoms with E-state index in [9.17, 15) is 23.1 Å². The fourth-order valence-corrected chi connectivity index (χ4v) is 3.33. The molecule has 1 unspecified atom stereocenters. The minimum absolute atomic E-state index is 0.469. The largest absolute Gasteiger partial charge is 0.481 e. The summed E-state index contributed by atoms with van der Waals surface area (Å²) < 4.78 is 42.3. The monoisotopic (exact) mass is 404 g/mol. The molecule has 0 aromatic heterocycles. The lowest BCUT2D eigenvalue weighted by atomic mass is 9.71. The number of carboxylic acids is 1. The first-order valence-corrected chi connectivity index (χ1v) is 8.54. The van der Waals surface area contributed by atoms with Crippen molar-refractivity contribution in [2.45, 2.75) is 32.6 Å². The second-order valence-corrected chi connectivity index (χ2v) is 7.50. The Kier molecular flexibility index (Phi) is 5.93. The molecule has 0 amide bonds. The first kappa shape index (κ1) is 20.6. The molecule has 2 aromatic rings. The molecule has 0 saturated carbocycles. The lowest BCUT2D eigenvalue weighted by molar-refractivity contribution is -0.144. The summed E-state index contributed by atoms with van der Waals surface area (Å²) in [6, 6.07) is 6.53. The van der Waals surface area contributed by atoms with E-state index in [1.807, 2.05) is 0 Å². The van der Waals surface area contributed by atoms with Crippen LogP contribution in [-0.4, -0.2) is 11.1 Å². The number of hydrogen-bond donors (Lipinski definition) is 1. The van der Waals surface area contributed by atoms with Crippen molar-refractivity contribution >= 4 is 29.2 Å². The second kappa shape index (κ2) is 7.49. The first-order valence-electron chi connectivity index (χ1n) is 7.78. The minimum atomic E-state index is -1.37. The highest BCUT2D eigenvalue weighted by Gasteiger charge is 2.38. The van der Waals surface area contributed by atoms with Gasteiger partial charge >= 0.3 is 5.97 Å². The van der Waals surface area contributed by atoms with Crippen LogP contribution in [0, 0.1) is 30.3 Å². The molecule has 2 aromatic carbocycles. The topological polar surface area (TPSA) is 37.3 Å². The van der Waals surface area contributed by atoms with E-state index in [1.165, 1.54) is 0 Å². The number of rotatable bonds is 5. The molecule has 0 spiro atoms. The van der Waals surface area contributed by atoms with Crippen LogP contribution in [0.2, 0.25) is 10.0 Å². The number of carboxylic acid groups (broad SMARTS) is 1. The highest BCUT2D eigenvalue weighted by atomic mass is 35.5. The van der Waals surface area contributed by atoms with Crippen LogP contribution >= 0.6 is 23.2 Å². The number of aliphatic carboxylic acids is 1. The third-order valence-electron chi connectivity index (χ3n) is 4.74. The van der Waals surface area contributed by atoms with Gasteiger partial charge in [0.2, 0.25) is 0 Å². The van der Waals surface area contributed by atoms with E-state index < -0.39 is 57.3 Å². The molecular weight excluding hydrogens is 388 g/mol. The number of hydrogen-bond acceptors (Lipinski definition) is 1. The average molecular weight is 405 g/mol. The molecule has 26 heavy (non-hydrogen) atoms. The molecule has 1 atom stereocenters. The summed E-state index contributed by atoms with van der Waals surface area (Å²) in [4.78, 5) is 11.9. The van der Waals surface area contributed by atoms with E-state index in [-0.39, 0.29) is 0 Å². The highest BCUT2D eigenvalue weighted by molar-refractivity contribution is 6.31. The first-order chi connectivity index (χ1) is 12.0. The third-order valence-corrected chi connectivity index (χ3v) is 5.39. The lowest BCUT2D eigenvalue weighted by Gasteiger charge is -2.32. The highest BCUT2D eigenvalue weighted by Crippen LogP contribution is 2.38. The van der Waals surface area contributed by atoms with Crippen LogP contribution in [0.15, 0.2) is 24.3 Å². The fraction of sp³-hybridized carbons (Fsp3) is 0.316. The van der Waals surface area contributed by atoms with Crippen molar-refractivity contribution in [1.29, 1.82) is 0 Å². The average Bonchev–Trinajstić information content (AvgIpc) is 2.58. The molecule has 0 heterocycles. The van der Waals surface area contributed by atoms with E-state index in [2.05, 4.69) is 0 Å². The predicted molar refractivity (Wildman–Crippen MR) is 95.4 cm³/mol. The zero-order chi connectivity index (χ0) is 19.8. The number of carbonyl (C=O) groups is 1. The molecule has 0 radical (unpaired) electrons. The van der Waals surface area contributed by atoms with Crippen molar-refractivity contribution in [3.8, 4) is 0 Å². The van der Waals surface area contributed by atoms with Crippen molar-refractivity contribution in [3.63, 3.8) is 0 Å². The SMILES string of the molecule is Cc1c(F)c(F)c(CC(C(=O)O)C(C)(C)c2ccc(Cl)cc2)c(Cl)c1F. The molecule has 7 heteroatoms. The maximum absolute atomic E-state index is 14.3. The minimum Gasteiger partial charge on any atom is -0.481 e. The fourth-order valence-electron chi connectivity index (χ4n) is 2.90. The second-order valence-electron chi connectivity index (χ2n) is 6.68. The predicted octanol–water partition coefficient (Wildman–Crippen LogP) is 5.94. The lowest BCUT2D eigenvalue weighted by Crippen LogP contribution is -2.36. The molecule has 0 aliphatic rings. The summed E-state index contributed by atoms with van der Waals surface area (Å²) in [6.07, 6.45) is -0.469. The van der Waals surface area contributed by atoms with Gasteiger partial charge in [-0.1, -0.05) is 49.2 Å². The summed E-state index contributed by atoms with van der Waals surface area (Å²) in [5.41, 5.74) is -1.37. The zero-order valence-electron chi connectivity index (χ0n) is 14.3. The van der Waals surface area contributed by atoms with Crippen molar-refractivity contribution < 1.29 is 23.1 Å². The van der Waals surface area contributed by atoms with Gasteiger partial charge in [0.05, 0.1) is 10.9 Å². The molecule has 2 rings (SSSR count). The van der Waals surface area contributed by atoms with Gasteiger partial charge in [0, 0.05) is 21.6 Å². The van der Waals surface area contributed by atoms with Gasteiger partial charge in [-0.2, -0.15) is 0 Å².